The van der Waals surface area contributed by atoms with Gasteiger partial charge in [0.15, 0.2) is 6.29 Å². The molecule has 1 nitrogen and oxygen atoms in total. The Labute approximate surface area is 58.3 Å². The lowest BCUT2D eigenvalue weighted by Gasteiger charge is -1.86. The normalized spacial score (nSPS) is 9.00. The number of benzene rings is 1. The fourth-order valence-corrected chi connectivity index (χ4v) is 0.609. The van der Waals surface area contributed by atoms with Crippen LogP contribution in [0, 0.1) is 6.07 Å². The zero-order chi connectivity index (χ0) is 6.69. The summed E-state index contributed by atoms with van der Waals surface area (Å²) in [5.74, 6) is 0. The van der Waals surface area contributed by atoms with Gasteiger partial charge in [0, 0.05) is 10.6 Å². The van der Waals surface area contributed by atoms with Crippen molar-refractivity contribution < 1.29 is 4.79 Å². The van der Waals surface area contributed by atoms with Crippen LogP contribution in [0.4, 0.5) is 0 Å². The van der Waals surface area contributed by atoms with E-state index < -0.39 is 0 Å². The first-order chi connectivity index (χ1) is 4.33. The standard InChI is InChI=1S/C7H4ClO/c8-7-3-1-6(5-9)2-4-7/h1,3-5H. The molecule has 1 radical (unpaired) electrons. The fourth-order valence-electron chi connectivity index (χ4n) is 0.491. The van der Waals surface area contributed by atoms with E-state index in [2.05, 4.69) is 6.07 Å². The van der Waals surface area contributed by atoms with Crippen molar-refractivity contribution in [3.8, 4) is 0 Å². The van der Waals surface area contributed by atoms with Crippen molar-refractivity contribution in [2.24, 2.45) is 0 Å². The Morgan fingerprint density at radius 1 is 1.56 bits per heavy atom. The third kappa shape index (κ3) is 1.54. The minimum atomic E-state index is 0.527. The average molecular weight is 140 g/mol. The summed E-state index contributed by atoms with van der Waals surface area (Å²) in [6.07, 6.45) is 0.732. The zero-order valence-corrected chi connectivity index (χ0v) is 5.35. The van der Waals surface area contributed by atoms with Gasteiger partial charge in [-0.3, -0.25) is 4.79 Å². The zero-order valence-electron chi connectivity index (χ0n) is 4.60. The first-order valence-electron chi connectivity index (χ1n) is 2.45. The Morgan fingerprint density at radius 2 is 2.33 bits per heavy atom. The lowest BCUT2D eigenvalue weighted by atomic mass is 10.2. The highest BCUT2D eigenvalue weighted by atomic mass is 35.5. The summed E-state index contributed by atoms with van der Waals surface area (Å²) >= 11 is 5.52. The smallest absolute Gasteiger partial charge is 0.150 e. The van der Waals surface area contributed by atoms with Gasteiger partial charge in [0.25, 0.3) is 0 Å². The molecule has 45 valence electrons. The molecule has 0 aliphatic heterocycles. The van der Waals surface area contributed by atoms with E-state index in [1.807, 2.05) is 0 Å². The molecule has 0 saturated carbocycles. The second-order valence-corrected chi connectivity index (χ2v) is 2.02. The van der Waals surface area contributed by atoms with E-state index in [0.29, 0.717) is 10.6 Å². The minimum Gasteiger partial charge on any atom is -0.298 e. The molecule has 0 N–H and O–H groups in total. The van der Waals surface area contributed by atoms with Crippen molar-refractivity contribution in [2.45, 2.75) is 0 Å². The van der Waals surface area contributed by atoms with Gasteiger partial charge in [-0.05, 0) is 24.3 Å². The summed E-state index contributed by atoms with van der Waals surface area (Å²) in [7, 11) is 0. The van der Waals surface area contributed by atoms with Crippen molar-refractivity contribution in [1.29, 1.82) is 0 Å². The summed E-state index contributed by atoms with van der Waals surface area (Å²) in [5, 5.41) is 0.598. The molecule has 1 rings (SSSR count). The monoisotopic (exact) mass is 139 g/mol. The number of aldehydes is 1. The van der Waals surface area contributed by atoms with Crippen LogP contribution in [0.5, 0.6) is 0 Å². The molecule has 0 unspecified atom stereocenters. The largest absolute Gasteiger partial charge is 0.298 e. The maximum atomic E-state index is 10.0. The maximum absolute atomic E-state index is 10.0. The number of hydrogen-bond donors (Lipinski definition) is 0. The van der Waals surface area contributed by atoms with Crippen LogP contribution in [-0.2, 0) is 0 Å². The molecular weight excluding hydrogens is 136 g/mol. The summed E-state index contributed by atoms with van der Waals surface area (Å²) in [6.45, 7) is 0. The Kier molecular flexibility index (Phi) is 1.85. The molecule has 0 aliphatic rings. The molecule has 0 amide bonds. The molecule has 0 spiro atoms. The highest BCUT2D eigenvalue weighted by Crippen LogP contribution is 2.06. The van der Waals surface area contributed by atoms with Crippen LogP contribution in [0.2, 0.25) is 5.02 Å². The van der Waals surface area contributed by atoms with Crippen LogP contribution >= 0.6 is 11.6 Å². The predicted molar refractivity (Wildman–Crippen MR) is 35.7 cm³/mol. The van der Waals surface area contributed by atoms with Crippen LogP contribution in [0.25, 0.3) is 0 Å². The van der Waals surface area contributed by atoms with Gasteiger partial charge in [0.1, 0.15) is 0 Å². The molecule has 2 heteroatoms. The van der Waals surface area contributed by atoms with E-state index in [1.165, 1.54) is 0 Å². The fraction of sp³-hybridized carbons (Fsp3) is 0. The van der Waals surface area contributed by atoms with Crippen molar-refractivity contribution in [3.63, 3.8) is 0 Å². The first-order valence-corrected chi connectivity index (χ1v) is 2.83. The van der Waals surface area contributed by atoms with E-state index in [9.17, 15) is 4.79 Å². The molecule has 0 atom stereocenters. The van der Waals surface area contributed by atoms with Crippen LogP contribution in [0.3, 0.4) is 0 Å². The molecule has 0 aromatic heterocycles. The van der Waals surface area contributed by atoms with Gasteiger partial charge in [-0.2, -0.15) is 0 Å². The number of carbonyl (C=O) groups excluding carboxylic acids is 1. The molecular formula is C7H4ClO. The molecule has 0 saturated heterocycles. The lowest BCUT2D eigenvalue weighted by molar-refractivity contribution is 0.112. The Morgan fingerprint density at radius 3 is 2.78 bits per heavy atom. The lowest BCUT2D eigenvalue weighted by Crippen LogP contribution is -1.75. The third-order valence-corrected chi connectivity index (χ3v) is 1.16. The van der Waals surface area contributed by atoms with Crippen LogP contribution in [0.15, 0.2) is 18.2 Å². The van der Waals surface area contributed by atoms with Gasteiger partial charge >= 0.3 is 0 Å². The summed E-state index contributed by atoms with van der Waals surface area (Å²) in [6, 6.07) is 7.52. The number of carbonyl (C=O) groups is 1. The van der Waals surface area contributed by atoms with Crippen LogP contribution < -0.4 is 0 Å². The van der Waals surface area contributed by atoms with E-state index in [0.717, 1.165) is 6.29 Å². The van der Waals surface area contributed by atoms with E-state index in [-0.39, 0.29) is 0 Å². The van der Waals surface area contributed by atoms with E-state index in [4.69, 9.17) is 11.6 Å². The highest BCUT2D eigenvalue weighted by Gasteiger charge is 1.87. The van der Waals surface area contributed by atoms with Crippen molar-refractivity contribution in [1.82, 2.24) is 0 Å². The topological polar surface area (TPSA) is 17.1 Å². The van der Waals surface area contributed by atoms with Gasteiger partial charge in [0.05, 0.1) is 0 Å². The Hall–Kier alpha value is -0.820. The molecule has 0 bridgehead atoms. The first kappa shape index (κ1) is 6.30. The molecule has 9 heavy (non-hydrogen) atoms. The van der Waals surface area contributed by atoms with Crippen LogP contribution in [0.1, 0.15) is 10.4 Å². The third-order valence-electron chi connectivity index (χ3n) is 0.926. The van der Waals surface area contributed by atoms with E-state index >= 15 is 0 Å². The van der Waals surface area contributed by atoms with Crippen molar-refractivity contribution in [2.75, 3.05) is 0 Å². The van der Waals surface area contributed by atoms with Gasteiger partial charge in [-0.15, -0.1) is 0 Å². The molecule has 0 aliphatic carbocycles. The number of rotatable bonds is 1. The molecule has 1 aromatic rings. The Balaban J connectivity index is 3.01. The van der Waals surface area contributed by atoms with Crippen molar-refractivity contribution in [3.05, 3.63) is 34.9 Å². The SMILES string of the molecule is O=Cc1[c]cc(Cl)cc1. The molecule has 1 aromatic carbocycles. The second-order valence-electron chi connectivity index (χ2n) is 1.58. The number of hydrogen-bond acceptors (Lipinski definition) is 1. The predicted octanol–water partition coefficient (Wildman–Crippen LogP) is 1.95. The minimum absolute atomic E-state index is 0.527. The Bertz CT molecular complexity index is 203. The van der Waals surface area contributed by atoms with Gasteiger partial charge in [-0.1, -0.05) is 11.6 Å². The van der Waals surface area contributed by atoms with Crippen molar-refractivity contribution >= 4 is 17.9 Å². The quantitative estimate of drug-likeness (QED) is 0.544. The number of halogens is 1. The van der Waals surface area contributed by atoms with Gasteiger partial charge < -0.3 is 0 Å². The van der Waals surface area contributed by atoms with Crippen LogP contribution in [-0.4, -0.2) is 6.29 Å². The van der Waals surface area contributed by atoms with E-state index in [1.54, 1.807) is 18.2 Å². The van der Waals surface area contributed by atoms with Gasteiger partial charge in [0.2, 0.25) is 0 Å². The molecule has 0 heterocycles. The second kappa shape index (κ2) is 2.65. The maximum Gasteiger partial charge on any atom is 0.150 e. The summed E-state index contributed by atoms with van der Waals surface area (Å²) < 4.78 is 0. The average Bonchev–Trinajstić information content (AvgIpc) is 1.90. The highest BCUT2D eigenvalue weighted by molar-refractivity contribution is 6.30. The summed E-state index contributed by atoms with van der Waals surface area (Å²) in [4.78, 5) is 10.0. The molecule has 0 fully saturated rings. The van der Waals surface area contributed by atoms with Gasteiger partial charge in [-0.25, -0.2) is 0 Å². The summed E-state index contributed by atoms with van der Waals surface area (Å²) in [5.41, 5.74) is 0.527.